The first-order valence-corrected chi connectivity index (χ1v) is 8.62. The number of aliphatic carboxylic acids is 1. The Morgan fingerprint density at radius 1 is 1.52 bits per heavy atom. The van der Waals surface area contributed by atoms with Crippen molar-refractivity contribution in [1.82, 2.24) is 14.3 Å². The van der Waals surface area contributed by atoms with Crippen LogP contribution in [0.25, 0.3) is 0 Å². The van der Waals surface area contributed by atoms with Crippen LogP contribution in [0.1, 0.15) is 38.9 Å². The molecule has 2 heterocycles. The molecular weight excluding hydrogens is 294 g/mol. The van der Waals surface area contributed by atoms with Crippen molar-refractivity contribution in [1.29, 1.82) is 0 Å². The summed E-state index contributed by atoms with van der Waals surface area (Å²) in [7, 11) is -3.84. The highest BCUT2D eigenvalue weighted by atomic mass is 32.2. The van der Waals surface area contributed by atoms with Crippen molar-refractivity contribution in [2.24, 2.45) is 5.92 Å². The van der Waals surface area contributed by atoms with Gasteiger partial charge in [-0.15, -0.1) is 0 Å². The number of piperidine rings is 1. The van der Waals surface area contributed by atoms with E-state index in [9.17, 15) is 18.3 Å². The van der Waals surface area contributed by atoms with Crippen LogP contribution in [0.15, 0.2) is 11.2 Å². The van der Waals surface area contributed by atoms with Gasteiger partial charge in [0.2, 0.25) is 0 Å². The lowest BCUT2D eigenvalue weighted by Crippen LogP contribution is -2.50. The molecule has 118 valence electrons. The van der Waals surface area contributed by atoms with Gasteiger partial charge in [0.1, 0.15) is 11.9 Å². The van der Waals surface area contributed by atoms with Crippen LogP contribution in [0.3, 0.4) is 0 Å². The van der Waals surface area contributed by atoms with E-state index in [4.69, 9.17) is 0 Å². The Morgan fingerprint density at radius 2 is 2.24 bits per heavy atom. The maximum atomic E-state index is 12.6. The maximum absolute atomic E-state index is 12.6. The number of nitrogens with zero attached hydrogens (tertiary/aromatic N) is 2. The number of sulfonamides is 1. The predicted octanol–water partition coefficient (Wildman–Crippen LogP) is 1.24. The second-order valence-corrected chi connectivity index (χ2v) is 7.18. The maximum Gasteiger partial charge on any atom is 0.322 e. The van der Waals surface area contributed by atoms with Crippen LogP contribution in [-0.2, 0) is 21.2 Å². The van der Waals surface area contributed by atoms with E-state index in [1.807, 2.05) is 13.8 Å². The zero-order valence-corrected chi connectivity index (χ0v) is 13.1. The Kier molecular flexibility index (Phi) is 4.67. The van der Waals surface area contributed by atoms with Crippen molar-refractivity contribution >= 4 is 16.0 Å². The fourth-order valence-electron chi connectivity index (χ4n) is 2.68. The van der Waals surface area contributed by atoms with Crippen LogP contribution in [0.2, 0.25) is 0 Å². The third-order valence-electron chi connectivity index (χ3n) is 4.05. The minimum atomic E-state index is -3.84. The first-order valence-electron chi connectivity index (χ1n) is 7.18. The summed E-state index contributed by atoms with van der Waals surface area (Å²) in [4.78, 5) is 18.2. The lowest BCUT2D eigenvalue weighted by Gasteiger charge is -2.35. The number of imidazole rings is 1. The highest BCUT2D eigenvalue weighted by Gasteiger charge is 2.41. The van der Waals surface area contributed by atoms with Crippen molar-refractivity contribution in [3.8, 4) is 0 Å². The van der Waals surface area contributed by atoms with Crippen molar-refractivity contribution in [2.45, 2.75) is 50.6 Å². The van der Waals surface area contributed by atoms with Crippen LogP contribution in [0.5, 0.6) is 0 Å². The Labute approximate surface area is 124 Å². The Morgan fingerprint density at radius 3 is 2.76 bits per heavy atom. The van der Waals surface area contributed by atoms with Gasteiger partial charge in [-0.05, 0) is 18.8 Å². The lowest BCUT2D eigenvalue weighted by atomic mass is 9.90. The van der Waals surface area contributed by atoms with Gasteiger partial charge in [-0.25, -0.2) is 13.4 Å². The standard InChI is InChI=1S/C13H21N3O4S/c1-3-9-5-6-16(10(7-9)13(17)18)21(19,20)12-8-14-11(4-2)15-12/h8-10H,3-7H2,1-2H3,(H,14,15)(H,17,18). The average Bonchev–Trinajstić information content (AvgIpc) is 2.96. The van der Waals surface area contributed by atoms with Gasteiger partial charge in [-0.2, -0.15) is 4.31 Å². The number of carboxylic acid groups (broad SMARTS) is 1. The number of hydrogen-bond donors (Lipinski definition) is 2. The molecule has 0 bridgehead atoms. The summed E-state index contributed by atoms with van der Waals surface area (Å²) >= 11 is 0. The molecule has 0 aliphatic carbocycles. The predicted molar refractivity (Wildman–Crippen MR) is 76.3 cm³/mol. The van der Waals surface area contributed by atoms with Gasteiger partial charge in [0.15, 0.2) is 5.03 Å². The van der Waals surface area contributed by atoms with Gasteiger partial charge < -0.3 is 10.1 Å². The molecule has 2 unspecified atom stereocenters. The lowest BCUT2D eigenvalue weighted by molar-refractivity contribution is -0.143. The summed E-state index contributed by atoms with van der Waals surface area (Å²) < 4.78 is 26.3. The fourth-order valence-corrected chi connectivity index (χ4v) is 4.22. The summed E-state index contributed by atoms with van der Waals surface area (Å²) in [5.74, 6) is -0.263. The second-order valence-electron chi connectivity index (χ2n) is 5.32. The van der Waals surface area contributed by atoms with Gasteiger partial charge in [0, 0.05) is 13.0 Å². The quantitative estimate of drug-likeness (QED) is 0.850. The number of aryl methyl sites for hydroxylation is 1. The normalized spacial score (nSPS) is 24.1. The summed E-state index contributed by atoms with van der Waals surface area (Å²) in [6, 6.07) is -0.998. The zero-order valence-electron chi connectivity index (χ0n) is 12.2. The van der Waals surface area contributed by atoms with Gasteiger partial charge in [0.25, 0.3) is 10.0 Å². The van der Waals surface area contributed by atoms with Crippen LogP contribution >= 0.6 is 0 Å². The highest BCUT2D eigenvalue weighted by molar-refractivity contribution is 7.89. The molecule has 0 aromatic carbocycles. The smallest absolute Gasteiger partial charge is 0.322 e. The molecule has 0 saturated carbocycles. The first kappa shape index (κ1) is 16.0. The van der Waals surface area contributed by atoms with Crippen LogP contribution < -0.4 is 0 Å². The number of aromatic nitrogens is 2. The Bertz CT molecular complexity index is 611. The first-order chi connectivity index (χ1) is 9.90. The third kappa shape index (κ3) is 3.11. The van der Waals surface area contributed by atoms with Crippen LogP contribution in [0, 0.1) is 5.92 Å². The number of aromatic amines is 1. The highest BCUT2D eigenvalue weighted by Crippen LogP contribution is 2.29. The van der Waals surface area contributed by atoms with E-state index in [-0.39, 0.29) is 17.5 Å². The van der Waals surface area contributed by atoms with E-state index in [0.29, 0.717) is 25.1 Å². The average molecular weight is 315 g/mol. The number of carboxylic acids is 1. The van der Waals surface area contributed by atoms with E-state index < -0.39 is 22.0 Å². The van der Waals surface area contributed by atoms with Gasteiger partial charge in [-0.1, -0.05) is 20.3 Å². The Hall–Kier alpha value is -1.41. The molecule has 2 N–H and O–H groups in total. The largest absolute Gasteiger partial charge is 0.480 e. The topological polar surface area (TPSA) is 103 Å². The van der Waals surface area contributed by atoms with Crippen LogP contribution in [0.4, 0.5) is 0 Å². The molecule has 1 aliphatic heterocycles. The molecule has 0 radical (unpaired) electrons. The molecule has 1 aromatic rings. The molecule has 21 heavy (non-hydrogen) atoms. The molecule has 1 aliphatic rings. The Balaban J connectivity index is 2.31. The number of rotatable bonds is 5. The van der Waals surface area contributed by atoms with Crippen molar-refractivity contribution < 1.29 is 18.3 Å². The van der Waals surface area contributed by atoms with Crippen molar-refractivity contribution in [3.63, 3.8) is 0 Å². The SMILES string of the molecule is CCc1ncc(S(=O)(=O)N2CCC(CC)CC2C(=O)O)[nH]1. The molecule has 0 spiro atoms. The van der Waals surface area contributed by atoms with E-state index in [0.717, 1.165) is 10.7 Å². The van der Waals surface area contributed by atoms with E-state index in [1.54, 1.807) is 0 Å². The minimum absolute atomic E-state index is 0.0273. The molecule has 1 saturated heterocycles. The molecular formula is C13H21N3O4S. The number of nitrogens with one attached hydrogen (secondary N) is 1. The van der Waals surface area contributed by atoms with Gasteiger partial charge in [-0.3, -0.25) is 4.79 Å². The molecule has 1 aromatic heterocycles. The fraction of sp³-hybridized carbons (Fsp3) is 0.692. The molecule has 2 atom stereocenters. The molecule has 2 rings (SSSR count). The third-order valence-corrected chi connectivity index (χ3v) is 5.87. The molecule has 0 amide bonds. The van der Waals surface area contributed by atoms with E-state index in [1.165, 1.54) is 6.20 Å². The summed E-state index contributed by atoms with van der Waals surface area (Å²) in [5.41, 5.74) is 0. The number of carbonyl (C=O) groups is 1. The van der Waals surface area contributed by atoms with E-state index in [2.05, 4.69) is 9.97 Å². The summed E-state index contributed by atoms with van der Waals surface area (Å²) in [5, 5.41) is 9.32. The summed E-state index contributed by atoms with van der Waals surface area (Å²) in [6.07, 6.45) is 3.77. The van der Waals surface area contributed by atoms with Crippen molar-refractivity contribution in [2.75, 3.05) is 6.54 Å². The van der Waals surface area contributed by atoms with Gasteiger partial charge >= 0.3 is 5.97 Å². The molecule has 7 nitrogen and oxygen atoms in total. The summed E-state index contributed by atoms with van der Waals surface area (Å²) in [6.45, 7) is 4.09. The second kappa shape index (κ2) is 6.15. The molecule has 8 heteroatoms. The zero-order chi connectivity index (χ0) is 15.6. The number of H-pyrrole nitrogens is 1. The monoisotopic (exact) mass is 315 g/mol. The number of hydrogen-bond acceptors (Lipinski definition) is 4. The van der Waals surface area contributed by atoms with Crippen LogP contribution in [-0.4, -0.2) is 46.4 Å². The van der Waals surface area contributed by atoms with Crippen molar-refractivity contribution in [3.05, 3.63) is 12.0 Å². The van der Waals surface area contributed by atoms with E-state index >= 15 is 0 Å². The molecule has 1 fully saturated rings. The van der Waals surface area contributed by atoms with Gasteiger partial charge in [0.05, 0.1) is 6.20 Å². The minimum Gasteiger partial charge on any atom is -0.480 e.